The Bertz CT molecular complexity index is 415. The van der Waals surface area contributed by atoms with E-state index in [1.807, 2.05) is 4.90 Å². The van der Waals surface area contributed by atoms with Crippen molar-refractivity contribution in [2.75, 3.05) is 6.54 Å². The molecule has 1 aromatic rings. The lowest BCUT2D eigenvalue weighted by Crippen LogP contribution is -2.45. The van der Waals surface area contributed by atoms with Crippen LogP contribution < -0.4 is 5.76 Å². The van der Waals surface area contributed by atoms with Crippen LogP contribution in [-0.4, -0.2) is 33.5 Å². The third-order valence-corrected chi connectivity index (χ3v) is 2.82. The van der Waals surface area contributed by atoms with Gasteiger partial charge in [0.15, 0.2) is 5.82 Å². The van der Waals surface area contributed by atoms with E-state index in [0.717, 1.165) is 0 Å². The van der Waals surface area contributed by atoms with Crippen LogP contribution in [0.3, 0.4) is 0 Å². The maximum Gasteiger partial charge on any atom is 0.438 e. The lowest BCUT2D eigenvalue weighted by Gasteiger charge is -2.36. The molecule has 0 amide bonds. The van der Waals surface area contributed by atoms with Gasteiger partial charge in [-0.1, -0.05) is 5.16 Å². The van der Waals surface area contributed by atoms with Gasteiger partial charge in [-0.2, -0.15) is 0 Å². The molecule has 5 nitrogen and oxygen atoms in total. The lowest BCUT2D eigenvalue weighted by molar-refractivity contribution is -0.0770. The first-order chi connectivity index (χ1) is 7.46. The van der Waals surface area contributed by atoms with Crippen LogP contribution in [0, 0.1) is 0 Å². The van der Waals surface area contributed by atoms with Gasteiger partial charge in [0.25, 0.3) is 5.92 Å². The number of hydrogen-bond donors (Lipinski definition) is 1. The maximum atomic E-state index is 13.1. The van der Waals surface area contributed by atoms with Crippen molar-refractivity contribution in [3.8, 4) is 0 Å². The molecule has 1 aliphatic heterocycles. The van der Waals surface area contributed by atoms with Crippen molar-refractivity contribution < 1.29 is 13.3 Å². The summed E-state index contributed by atoms with van der Waals surface area (Å²) in [4.78, 5) is 14.9. The summed E-state index contributed by atoms with van der Waals surface area (Å²) in [5, 5.41) is 3.51. The van der Waals surface area contributed by atoms with Crippen molar-refractivity contribution in [1.29, 1.82) is 0 Å². The first-order valence-electron chi connectivity index (χ1n) is 5.13. The molecule has 0 aliphatic carbocycles. The maximum absolute atomic E-state index is 13.1. The molecule has 2 rings (SSSR count). The van der Waals surface area contributed by atoms with E-state index in [1.54, 1.807) is 6.92 Å². The molecule has 1 atom stereocenters. The fourth-order valence-corrected chi connectivity index (χ4v) is 1.95. The molecule has 1 fully saturated rings. The Hall–Kier alpha value is -1.24. The number of likely N-dealkylation sites (tertiary alicyclic amines) is 1. The van der Waals surface area contributed by atoms with Crippen LogP contribution in [0.15, 0.2) is 9.32 Å². The zero-order chi connectivity index (χ0) is 11.8. The van der Waals surface area contributed by atoms with E-state index in [1.165, 1.54) is 0 Å². The molecule has 0 saturated carbocycles. The van der Waals surface area contributed by atoms with Gasteiger partial charge in [-0.15, -0.1) is 0 Å². The fourth-order valence-electron chi connectivity index (χ4n) is 1.95. The number of nitrogens with one attached hydrogen (secondary N) is 1. The molecule has 7 heteroatoms. The first kappa shape index (κ1) is 11.3. The lowest BCUT2D eigenvalue weighted by atomic mass is 10.00. The summed E-state index contributed by atoms with van der Waals surface area (Å²) in [7, 11) is 0. The average molecular weight is 233 g/mol. The van der Waals surface area contributed by atoms with E-state index in [4.69, 9.17) is 0 Å². The second-order valence-corrected chi connectivity index (χ2v) is 4.17. The van der Waals surface area contributed by atoms with Crippen LogP contribution in [0.4, 0.5) is 8.78 Å². The number of rotatable bonds is 2. The summed E-state index contributed by atoms with van der Waals surface area (Å²) in [6.07, 6.45) is -0.311. The van der Waals surface area contributed by atoms with Gasteiger partial charge in [-0.05, 0) is 6.92 Å². The Morgan fingerprint density at radius 1 is 1.69 bits per heavy atom. The summed E-state index contributed by atoms with van der Waals surface area (Å²) < 4.78 is 30.5. The minimum atomic E-state index is -2.58. The zero-order valence-electron chi connectivity index (χ0n) is 8.87. The number of aromatic amines is 1. The van der Waals surface area contributed by atoms with Crippen LogP contribution >= 0.6 is 0 Å². The van der Waals surface area contributed by atoms with E-state index in [0.29, 0.717) is 18.9 Å². The van der Waals surface area contributed by atoms with Gasteiger partial charge in [0.05, 0.1) is 6.54 Å². The van der Waals surface area contributed by atoms with Crippen LogP contribution in [0.1, 0.15) is 25.6 Å². The van der Waals surface area contributed by atoms with Crippen LogP contribution in [0.5, 0.6) is 0 Å². The summed E-state index contributed by atoms with van der Waals surface area (Å²) in [5.41, 5.74) is 0. The molecule has 0 bridgehead atoms. The molecule has 2 heterocycles. The number of H-pyrrole nitrogens is 1. The number of aromatic nitrogens is 2. The normalized spacial score (nSPS) is 25.8. The van der Waals surface area contributed by atoms with Crippen molar-refractivity contribution in [3.63, 3.8) is 0 Å². The topological polar surface area (TPSA) is 62.1 Å². The molecule has 16 heavy (non-hydrogen) atoms. The van der Waals surface area contributed by atoms with Crippen molar-refractivity contribution in [1.82, 2.24) is 15.0 Å². The van der Waals surface area contributed by atoms with Gasteiger partial charge < -0.3 is 0 Å². The van der Waals surface area contributed by atoms with Gasteiger partial charge in [-0.25, -0.2) is 13.6 Å². The molecular weight excluding hydrogens is 220 g/mol. The molecule has 1 saturated heterocycles. The predicted molar refractivity (Wildman–Crippen MR) is 51.2 cm³/mol. The van der Waals surface area contributed by atoms with Gasteiger partial charge >= 0.3 is 5.76 Å². The highest BCUT2D eigenvalue weighted by molar-refractivity contribution is 4.87. The highest BCUT2D eigenvalue weighted by Gasteiger charge is 2.38. The molecule has 0 aromatic carbocycles. The van der Waals surface area contributed by atoms with Crippen LogP contribution in [0.25, 0.3) is 0 Å². The third kappa shape index (κ3) is 2.46. The molecule has 0 spiro atoms. The Labute approximate surface area is 90.4 Å². The van der Waals surface area contributed by atoms with Gasteiger partial charge in [-0.3, -0.25) is 14.4 Å². The largest absolute Gasteiger partial charge is 0.438 e. The number of nitrogens with zero attached hydrogens (tertiary/aromatic N) is 2. The SMILES string of the molecule is CC1CC(F)(F)CCN1Cc1noc(=O)[nH]1. The second-order valence-electron chi connectivity index (χ2n) is 4.17. The van der Waals surface area contributed by atoms with Gasteiger partial charge in [0, 0.05) is 25.4 Å². The van der Waals surface area contributed by atoms with Crippen molar-refractivity contribution >= 4 is 0 Å². The number of halogens is 2. The van der Waals surface area contributed by atoms with E-state index in [9.17, 15) is 13.6 Å². The fraction of sp³-hybridized carbons (Fsp3) is 0.778. The minimum absolute atomic E-state index is 0.153. The molecule has 1 N–H and O–H groups in total. The third-order valence-electron chi connectivity index (χ3n) is 2.82. The molecular formula is C9H13F2N3O2. The van der Waals surface area contributed by atoms with Gasteiger partial charge in [0.2, 0.25) is 0 Å². The minimum Gasteiger partial charge on any atom is -0.296 e. The smallest absolute Gasteiger partial charge is 0.296 e. The zero-order valence-corrected chi connectivity index (χ0v) is 8.87. The Morgan fingerprint density at radius 2 is 2.44 bits per heavy atom. The standard InChI is InChI=1S/C9H13F2N3O2/c1-6-4-9(10,11)2-3-14(6)5-7-12-8(15)16-13-7/h6H,2-5H2,1H3,(H,12,13,15). The number of alkyl halides is 2. The van der Waals surface area contributed by atoms with Crippen molar-refractivity contribution in [2.45, 2.75) is 38.3 Å². The van der Waals surface area contributed by atoms with Crippen molar-refractivity contribution in [2.24, 2.45) is 0 Å². The summed E-state index contributed by atoms with van der Waals surface area (Å²) in [6.45, 7) is 2.37. The van der Waals surface area contributed by atoms with Gasteiger partial charge in [0.1, 0.15) is 0 Å². The molecule has 0 radical (unpaired) electrons. The summed E-state index contributed by atoms with van der Waals surface area (Å²) in [6, 6.07) is -0.232. The monoisotopic (exact) mass is 233 g/mol. The molecule has 1 aliphatic rings. The van der Waals surface area contributed by atoms with E-state index in [-0.39, 0.29) is 18.9 Å². The van der Waals surface area contributed by atoms with Crippen LogP contribution in [-0.2, 0) is 6.54 Å². The van der Waals surface area contributed by atoms with E-state index >= 15 is 0 Å². The van der Waals surface area contributed by atoms with Crippen molar-refractivity contribution in [3.05, 3.63) is 16.4 Å². The Balaban J connectivity index is 1.99. The highest BCUT2D eigenvalue weighted by Crippen LogP contribution is 2.31. The number of piperidine rings is 1. The molecule has 1 unspecified atom stereocenters. The first-order valence-corrected chi connectivity index (χ1v) is 5.13. The second kappa shape index (κ2) is 3.97. The highest BCUT2D eigenvalue weighted by atomic mass is 19.3. The Morgan fingerprint density at radius 3 is 3.00 bits per heavy atom. The number of hydrogen-bond acceptors (Lipinski definition) is 4. The average Bonchev–Trinajstić information content (AvgIpc) is 2.56. The predicted octanol–water partition coefficient (Wildman–Crippen LogP) is 0.982. The van der Waals surface area contributed by atoms with E-state index < -0.39 is 11.7 Å². The van der Waals surface area contributed by atoms with Crippen LogP contribution in [0.2, 0.25) is 0 Å². The Kier molecular flexibility index (Phi) is 2.79. The quantitative estimate of drug-likeness (QED) is 0.827. The van der Waals surface area contributed by atoms with E-state index in [2.05, 4.69) is 14.7 Å². The molecule has 90 valence electrons. The summed E-state index contributed by atoms with van der Waals surface area (Å²) >= 11 is 0. The molecule has 1 aromatic heterocycles. The summed E-state index contributed by atoms with van der Waals surface area (Å²) in [5.74, 6) is -2.82.